The molecule has 2 fully saturated rings. The van der Waals surface area contributed by atoms with Gasteiger partial charge >= 0.3 is 12.2 Å². The lowest BCUT2D eigenvalue weighted by molar-refractivity contribution is -0.142. The summed E-state index contributed by atoms with van der Waals surface area (Å²) in [5.74, 6) is -2.94. The number of nitrogens with one attached hydrogen (secondary N) is 2. The number of hydrogen-bond donors (Lipinski definition) is 2. The van der Waals surface area contributed by atoms with Crippen LogP contribution < -0.4 is 5.32 Å². The molecule has 1 spiro atoms. The number of hydrogen-bond acceptors (Lipinski definition) is 5. The fourth-order valence-electron chi connectivity index (χ4n) is 5.95. The zero-order valence-electron chi connectivity index (χ0n) is 24.6. The summed E-state index contributed by atoms with van der Waals surface area (Å²) in [7, 11) is 1.42. The highest BCUT2D eigenvalue weighted by Gasteiger charge is 2.57. The van der Waals surface area contributed by atoms with Gasteiger partial charge in [-0.15, -0.1) is 0 Å². The Morgan fingerprint density at radius 3 is 2.41 bits per heavy atom. The first-order valence-electron chi connectivity index (χ1n) is 14.1. The monoisotopic (exact) mass is 616 g/mol. The van der Waals surface area contributed by atoms with Crippen LogP contribution in [0.15, 0.2) is 36.4 Å². The normalized spacial score (nSPS) is 17.7. The van der Waals surface area contributed by atoms with Crippen LogP contribution >= 0.6 is 0 Å². The number of amides is 5. The molecule has 0 radical (unpaired) electrons. The standard InChI is InChI=1S/C30H32F4N6O4/c1-16(2)24(37-25(41)20-14-19(30(32,33)34)6-7-21(20)31)26(42)39-11-9-29(10-12-39)27(43)38(4)28(44)40(29)15-18-5-8-22-23(13-18)36-17(3)35-22/h5-8,13-14,16,24H,9-12,15H2,1-4H3,(H,35,36)(H,37,41). The maximum absolute atomic E-state index is 14.4. The minimum atomic E-state index is -4.79. The number of carbonyl (C=O) groups is 4. The van der Waals surface area contributed by atoms with Gasteiger partial charge in [-0.05, 0) is 61.6 Å². The molecule has 44 heavy (non-hydrogen) atoms. The molecular formula is C30H32F4N6O4. The predicted molar refractivity (Wildman–Crippen MR) is 151 cm³/mol. The van der Waals surface area contributed by atoms with Crippen molar-refractivity contribution in [3.05, 3.63) is 64.7 Å². The Hall–Kier alpha value is -4.49. The molecule has 5 rings (SSSR count). The van der Waals surface area contributed by atoms with Gasteiger partial charge in [-0.2, -0.15) is 13.2 Å². The van der Waals surface area contributed by atoms with Crippen molar-refractivity contribution >= 4 is 34.8 Å². The number of likely N-dealkylation sites (tertiary alicyclic amines) is 1. The van der Waals surface area contributed by atoms with Crippen molar-refractivity contribution in [2.24, 2.45) is 5.92 Å². The summed E-state index contributed by atoms with van der Waals surface area (Å²) in [5, 5.41) is 2.41. The molecule has 14 heteroatoms. The van der Waals surface area contributed by atoms with E-state index in [1.165, 1.54) is 16.8 Å². The van der Waals surface area contributed by atoms with Gasteiger partial charge in [-0.25, -0.2) is 14.2 Å². The van der Waals surface area contributed by atoms with Crippen molar-refractivity contribution in [1.82, 2.24) is 30.0 Å². The van der Waals surface area contributed by atoms with Crippen LogP contribution in [0.5, 0.6) is 0 Å². The van der Waals surface area contributed by atoms with Gasteiger partial charge in [0.05, 0.1) is 22.2 Å². The van der Waals surface area contributed by atoms with Crippen LogP contribution in [-0.2, 0) is 22.3 Å². The highest BCUT2D eigenvalue weighted by atomic mass is 19.4. The molecule has 10 nitrogen and oxygen atoms in total. The van der Waals surface area contributed by atoms with Crippen molar-refractivity contribution in [3.8, 4) is 0 Å². The average Bonchev–Trinajstić information content (AvgIpc) is 3.42. The number of urea groups is 1. The quantitative estimate of drug-likeness (QED) is 0.317. The number of aryl methyl sites for hydroxylation is 1. The number of halogens is 4. The number of likely N-dealkylation sites (N-methyl/N-ethyl adjacent to an activating group) is 1. The van der Waals surface area contributed by atoms with Crippen LogP contribution in [0.25, 0.3) is 11.0 Å². The number of imidazole rings is 1. The molecular weight excluding hydrogens is 584 g/mol. The first kappa shape index (κ1) is 31.0. The molecule has 2 aliphatic rings. The second-order valence-electron chi connectivity index (χ2n) is 11.7. The van der Waals surface area contributed by atoms with E-state index in [-0.39, 0.29) is 38.4 Å². The molecule has 0 aliphatic carbocycles. The Kier molecular flexibility index (Phi) is 7.89. The molecule has 0 bridgehead atoms. The van der Waals surface area contributed by atoms with E-state index in [0.717, 1.165) is 27.3 Å². The number of H-pyrrole nitrogens is 1. The van der Waals surface area contributed by atoms with Gasteiger partial charge in [0.2, 0.25) is 5.91 Å². The number of carbonyl (C=O) groups excluding carboxylic acids is 4. The molecule has 1 aromatic heterocycles. The maximum Gasteiger partial charge on any atom is 0.416 e. The zero-order valence-corrected chi connectivity index (χ0v) is 24.6. The lowest BCUT2D eigenvalue weighted by Crippen LogP contribution is -2.60. The summed E-state index contributed by atoms with van der Waals surface area (Å²) < 4.78 is 53.9. The topological polar surface area (TPSA) is 119 Å². The van der Waals surface area contributed by atoms with Crippen LogP contribution in [0.2, 0.25) is 0 Å². The van der Waals surface area contributed by atoms with Gasteiger partial charge < -0.3 is 20.1 Å². The van der Waals surface area contributed by atoms with Crippen LogP contribution in [0.3, 0.4) is 0 Å². The van der Waals surface area contributed by atoms with Crippen molar-refractivity contribution < 1.29 is 36.7 Å². The van der Waals surface area contributed by atoms with E-state index in [2.05, 4.69) is 15.3 Å². The molecule has 2 saturated heterocycles. The highest BCUT2D eigenvalue weighted by Crippen LogP contribution is 2.38. The first-order valence-corrected chi connectivity index (χ1v) is 14.1. The fraction of sp³-hybridized carbons (Fsp3) is 0.433. The maximum atomic E-state index is 14.4. The van der Waals surface area contributed by atoms with Crippen molar-refractivity contribution in [1.29, 1.82) is 0 Å². The van der Waals surface area contributed by atoms with Gasteiger partial charge in [-0.3, -0.25) is 19.3 Å². The number of aromatic amines is 1. The highest BCUT2D eigenvalue weighted by molar-refractivity contribution is 6.07. The Bertz CT molecular complexity index is 1640. The Morgan fingerprint density at radius 1 is 1.09 bits per heavy atom. The number of piperidine rings is 1. The van der Waals surface area contributed by atoms with Crippen LogP contribution in [-0.4, -0.2) is 80.1 Å². The second-order valence-corrected chi connectivity index (χ2v) is 11.7. The number of fused-ring (bicyclic) bond motifs is 1. The van der Waals surface area contributed by atoms with E-state index >= 15 is 0 Å². The van der Waals surface area contributed by atoms with Crippen molar-refractivity contribution in [3.63, 3.8) is 0 Å². The van der Waals surface area contributed by atoms with Gasteiger partial charge in [0.15, 0.2) is 0 Å². The fourth-order valence-corrected chi connectivity index (χ4v) is 5.95. The number of nitrogens with zero attached hydrogens (tertiary/aromatic N) is 4. The Morgan fingerprint density at radius 2 is 1.77 bits per heavy atom. The minimum Gasteiger partial charge on any atom is -0.342 e. The van der Waals surface area contributed by atoms with Gasteiger partial charge in [0, 0.05) is 26.7 Å². The molecule has 3 heterocycles. The van der Waals surface area contributed by atoms with Crippen LogP contribution in [0, 0.1) is 18.7 Å². The Labute approximate surface area is 250 Å². The number of rotatable bonds is 6. The molecule has 5 amide bonds. The number of benzene rings is 2. The van der Waals surface area contributed by atoms with Crippen LogP contribution in [0.1, 0.15) is 54.0 Å². The van der Waals surface area contributed by atoms with E-state index in [1.54, 1.807) is 13.8 Å². The largest absolute Gasteiger partial charge is 0.416 e. The summed E-state index contributed by atoms with van der Waals surface area (Å²) in [6, 6.07) is 5.43. The lowest BCUT2D eigenvalue weighted by atomic mass is 9.85. The minimum absolute atomic E-state index is 0.0813. The molecule has 1 atom stereocenters. The lowest BCUT2D eigenvalue weighted by Gasteiger charge is -2.43. The average molecular weight is 617 g/mol. The van der Waals surface area contributed by atoms with E-state index in [0.29, 0.717) is 18.2 Å². The van der Waals surface area contributed by atoms with E-state index in [9.17, 15) is 36.7 Å². The molecule has 2 aromatic carbocycles. The number of aromatic nitrogens is 2. The number of alkyl halides is 3. The summed E-state index contributed by atoms with van der Waals surface area (Å²) >= 11 is 0. The van der Waals surface area contributed by atoms with Gasteiger partial charge in [0.1, 0.15) is 23.2 Å². The third-order valence-electron chi connectivity index (χ3n) is 8.40. The van der Waals surface area contributed by atoms with E-state index in [4.69, 9.17) is 0 Å². The third-order valence-corrected chi connectivity index (χ3v) is 8.40. The zero-order chi connectivity index (χ0) is 32.1. The molecule has 0 saturated carbocycles. The van der Waals surface area contributed by atoms with Crippen molar-refractivity contribution in [2.75, 3.05) is 20.1 Å². The van der Waals surface area contributed by atoms with Gasteiger partial charge in [0.25, 0.3) is 11.8 Å². The summed E-state index contributed by atoms with van der Waals surface area (Å²) in [6.45, 7) is 5.44. The van der Waals surface area contributed by atoms with Crippen molar-refractivity contribution in [2.45, 2.75) is 57.9 Å². The Balaban J connectivity index is 1.32. The number of imide groups is 1. The predicted octanol–water partition coefficient (Wildman–Crippen LogP) is 4.24. The molecule has 1 unspecified atom stereocenters. The van der Waals surface area contributed by atoms with Gasteiger partial charge in [-0.1, -0.05) is 19.9 Å². The second kappa shape index (κ2) is 11.2. The van der Waals surface area contributed by atoms with E-state index in [1.807, 2.05) is 25.1 Å². The van der Waals surface area contributed by atoms with E-state index < -0.39 is 58.5 Å². The summed E-state index contributed by atoms with van der Waals surface area (Å²) in [5.41, 5.74) is -0.834. The van der Waals surface area contributed by atoms with Crippen LogP contribution in [0.4, 0.5) is 22.4 Å². The first-order chi connectivity index (χ1) is 20.6. The molecule has 234 valence electrons. The smallest absolute Gasteiger partial charge is 0.342 e. The molecule has 2 aliphatic heterocycles. The summed E-state index contributed by atoms with van der Waals surface area (Å²) in [4.78, 5) is 64.7. The summed E-state index contributed by atoms with van der Waals surface area (Å²) in [6.07, 6.45) is -4.51. The molecule has 2 N–H and O–H groups in total. The molecule has 3 aromatic rings. The SMILES string of the molecule is Cc1nc2ccc(CN3C(=O)N(C)C(=O)C34CCN(C(=O)C(NC(=O)c3cc(C(F)(F)F)ccc3F)C(C)C)CC4)cc2[nH]1. The third kappa shape index (κ3) is 5.48.